The van der Waals surface area contributed by atoms with E-state index in [0.717, 1.165) is 0 Å². The fraction of sp³-hybridized carbons (Fsp3) is 0.188. The van der Waals surface area contributed by atoms with Gasteiger partial charge >= 0.3 is 0 Å². The summed E-state index contributed by atoms with van der Waals surface area (Å²) in [7, 11) is -3.52. The maximum absolute atomic E-state index is 13.1. The van der Waals surface area contributed by atoms with Gasteiger partial charge in [0.05, 0.1) is 16.2 Å². The summed E-state index contributed by atoms with van der Waals surface area (Å²) in [5.74, 6) is -1.09. The van der Waals surface area contributed by atoms with Crippen molar-refractivity contribution in [2.45, 2.75) is 18.2 Å². The molecule has 0 aliphatic carbocycles. The summed E-state index contributed by atoms with van der Waals surface area (Å²) in [6.45, 7) is 1.76. The number of rotatable bonds is 5. The minimum absolute atomic E-state index is 0.00856. The average Bonchev–Trinajstić information content (AvgIpc) is 2.47. The van der Waals surface area contributed by atoms with Crippen LogP contribution in [-0.4, -0.2) is 20.1 Å². The Balaban J connectivity index is 2.35. The third-order valence-electron chi connectivity index (χ3n) is 3.02. The average molecular weight is 321 g/mol. The Bertz CT molecular complexity index is 787. The van der Waals surface area contributed by atoms with E-state index in [0.29, 0.717) is 6.42 Å². The lowest BCUT2D eigenvalue weighted by atomic mass is 10.2. The summed E-state index contributed by atoms with van der Waals surface area (Å²) in [4.78, 5) is 12.3. The number of carbonyl (C=O) groups is 1. The zero-order chi connectivity index (χ0) is 16.2. The minimum atomic E-state index is -3.52. The summed E-state index contributed by atoms with van der Waals surface area (Å²) >= 11 is 0. The first-order valence-corrected chi connectivity index (χ1v) is 8.48. The number of amides is 1. The van der Waals surface area contributed by atoms with Gasteiger partial charge in [-0.2, -0.15) is 0 Å². The SMILES string of the molecule is CCCS(=O)(=O)c1ccccc1C(=O)Nc1cccc(F)c1. The van der Waals surface area contributed by atoms with E-state index in [-0.39, 0.29) is 21.9 Å². The number of halogens is 1. The number of benzene rings is 2. The molecule has 0 fully saturated rings. The molecule has 0 heterocycles. The second-order valence-electron chi connectivity index (χ2n) is 4.78. The van der Waals surface area contributed by atoms with E-state index in [2.05, 4.69) is 5.32 Å². The fourth-order valence-electron chi connectivity index (χ4n) is 2.07. The Morgan fingerprint density at radius 3 is 2.55 bits per heavy atom. The smallest absolute Gasteiger partial charge is 0.256 e. The van der Waals surface area contributed by atoms with Gasteiger partial charge in [0, 0.05) is 5.69 Å². The molecule has 0 saturated carbocycles. The fourth-order valence-corrected chi connectivity index (χ4v) is 3.61. The van der Waals surface area contributed by atoms with Crippen LogP contribution in [0.4, 0.5) is 10.1 Å². The predicted octanol–water partition coefficient (Wildman–Crippen LogP) is 3.26. The molecule has 4 nitrogen and oxygen atoms in total. The van der Waals surface area contributed by atoms with Crippen molar-refractivity contribution in [3.63, 3.8) is 0 Å². The van der Waals surface area contributed by atoms with E-state index >= 15 is 0 Å². The van der Waals surface area contributed by atoms with Gasteiger partial charge in [-0.05, 0) is 36.8 Å². The van der Waals surface area contributed by atoms with E-state index in [1.807, 2.05) is 0 Å². The van der Waals surface area contributed by atoms with Gasteiger partial charge in [0.1, 0.15) is 5.82 Å². The number of hydrogen-bond acceptors (Lipinski definition) is 3. The summed E-state index contributed by atoms with van der Waals surface area (Å²) in [6, 6.07) is 11.4. The van der Waals surface area contributed by atoms with Crippen LogP contribution in [0.15, 0.2) is 53.4 Å². The molecule has 1 N–H and O–H groups in total. The Kier molecular flexibility index (Phi) is 4.92. The van der Waals surface area contributed by atoms with Crippen LogP contribution in [0.1, 0.15) is 23.7 Å². The van der Waals surface area contributed by atoms with Gasteiger partial charge < -0.3 is 5.32 Å². The van der Waals surface area contributed by atoms with Gasteiger partial charge in [-0.3, -0.25) is 4.79 Å². The topological polar surface area (TPSA) is 63.2 Å². The second kappa shape index (κ2) is 6.70. The van der Waals surface area contributed by atoms with Crippen LogP contribution in [0.2, 0.25) is 0 Å². The van der Waals surface area contributed by atoms with E-state index in [9.17, 15) is 17.6 Å². The molecular formula is C16H16FNO3S. The molecule has 0 spiro atoms. The van der Waals surface area contributed by atoms with Crippen molar-refractivity contribution in [3.05, 3.63) is 59.9 Å². The number of sulfone groups is 1. The van der Waals surface area contributed by atoms with Gasteiger partial charge in [-0.1, -0.05) is 25.1 Å². The molecule has 1 amide bonds. The number of nitrogens with one attached hydrogen (secondary N) is 1. The first-order chi connectivity index (χ1) is 10.4. The summed E-state index contributed by atoms with van der Waals surface area (Å²) in [6.07, 6.45) is 0.460. The molecule has 2 aromatic rings. The molecule has 0 saturated heterocycles. The first-order valence-electron chi connectivity index (χ1n) is 6.83. The molecule has 116 valence electrons. The zero-order valence-corrected chi connectivity index (χ0v) is 12.9. The number of anilines is 1. The standard InChI is InChI=1S/C16H16FNO3S/c1-2-10-22(20,21)15-9-4-3-8-14(15)16(19)18-13-7-5-6-12(17)11-13/h3-9,11H,2,10H2,1H3,(H,18,19). The lowest BCUT2D eigenvalue weighted by Gasteiger charge is -2.10. The van der Waals surface area contributed by atoms with Crippen LogP contribution in [0, 0.1) is 5.82 Å². The van der Waals surface area contributed by atoms with E-state index < -0.39 is 21.6 Å². The van der Waals surface area contributed by atoms with Gasteiger partial charge in [0.15, 0.2) is 9.84 Å². The largest absolute Gasteiger partial charge is 0.322 e. The van der Waals surface area contributed by atoms with Crippen LogP contribution in [0.25, 0.3) is 0 Å². The Morgan fingerprint density at radius 2 is 1.86 bits per heavy atom. The lowest BCUT2D eigenvalue weighted by molar-refractivity contribution is 0.102. The lowest BCUT2D eigenvalue weighted by Crippen LogP contribution is -2.17. The van der Waals surface area contributed by atoms with Crippen LogP contribution in [0.3, 0.4) is 0 Å². The predicted molar refractivity (Wildman–Crippen MR) is 83.1 cm³/mol. The summed E-state index contributed by atoms with van der Waals surface area (Å²) < 4.78 is 37.6. The normalized spacial score (nSPS) is 11.2. The summed E-state index contributed by atoms with van der Waals surface area (Å²) in [5, 5.41) is 2.51. The number of carbonyl (C=O) groups excluding carboxylic acids is 1. The van der Waals surface area contributed by atoms with E-state index in [1.165, 1.54) is 36.4 Å². The van der Waals surface area contributed by atoms with Crippen LogP contribution in [0.5, 0.6) is 0 Å². The quantitative estimate of drug-likeness (QED) is 0.919. The molecule has 2 rings (SSSR count). The highest BCUT2D eigenvalue weighted by Crippen LogP contribution is 2.19. The minimum Gasteiger partial charge on any atom is -0.322 e. The molecule has 2 aromatic carbocycles. The molecule has 0 unspecified atom stereocenters. The third kappa shape index (κ3) is 3.71. The van der Waals surface area contributed by atoms with Gasteiger partial charge in [0.2, 0.25) is 0 Å². The molecule has 0 atom stereocenters. The first kappa shape index (κ1) is 16.2. The third-order valence-corrected chi connectivity index (χ3v) is 4.99. The second-order valence-corrected chi connectivity index (χ2v) is 6.86. The molecular weight excluding hydrogens is 305 g/mol. The molecule has 0 aliphatic rings. The van der Waals surface area contributed by atoms with Crippen LogP contribution < -0.4 is 5.32 Å². The van der Waals surface area contributed by atoms with Crippen molar-refractivity contribution in [3.8, 4) is 0 Å². The van der Waals surface area contributed by atoms with Crippen molar-refractivity contribution in [1.82, 2.24) is 0 Å². The maximum Gasteiger partial charge on any atom is 0.256 e. The molecule has 22 heavy (non-hydrogen) atoms. The highest BCUT2D eigenvalue weighted by atomic mass is 32.2. The zero-order valence-electron chi connectivity index (χ0n) is 12.0. The van der Waals surface area contributed by atoms with Gasteiger partial charge in [0.25, 0.3) is 5.91 Å². The Labute approximate surface area is 128 Å². The van der Waals surface area contributed by atoms with Crippen molar-refractivity contribution < 1.29 is 17.6 Å². The monoisotopic (exact) mass is 321 g/mol. The molecule has 0 aromatic heterocycles. The molecule has 0 bridgehead atoms. The molecule has 6 heteroatoms. The highest BCUT2D eigenvalue weighted by molar-refractivity contribution is 7.91. The molecule has 0 aliphatic heterocycles. The van der Waals surface area contributed by atoms with Gasteiger partial charge in [-0.25, -0.2) is 12.8 Å². The van der Waals surface area contributed by atoms with Crippen molar-refractivity contribution in [2.24, 2.45) is 0 Å². The van der Waals surface area contributed by atoms with E-state index in [1.54, 1.807) is 19.1 Å². The number of hydrogen-bond donors (Lipinski definition) is 1. The van der Waals surface area contributed by atoms with Crippen molar-refractivity contribution in [2.75, 3.05) is 11.1 Å². The Morgan fingerprint density at radius 1 is 1.14 bits per heavy atom. The van der Waals surface area contributed by atoms with Crippen molar-refractivity contribution in [1.29, 1.82) is 0 Å². The van der Waals surface area contributed by atoms with Gasteiger partial charge in [-0.15, -0.1) is 0 Å². The summed E-state index contributed by atoms with van der Waals surface area (Å²) in [5.41, 5.74) is 0.327. The van der Waals surface area contributed by atoms with E-state index in [4.69, 9.17) is 0 Å². The van der Waals surface area contributed by atoms with Crippen LogP contribution in [-0.2, 0) is 9.84 Å². The van der Waals surface area contributed by atoms with Crippen molar-refractivity contribution >= 4 is 21.4 Å². The maximum atomic E-state index is 13.1. The Hall–Kier alpha value is -2.21. The highest BCUT2D eigenvalue weighted by Gasteiger charge is 2.21. The molecule has 0 radical (unpaired) electrons. The van der Waals surface area contributed by atoms with Crippen LogP contribution >= 0.6 is 0 Å².